The van der Waals surface area contributed by atoms with Gasteiger partial charge in [-0.2, -0.15) is 11.8 Å². The third kappa shape index (κ3) is 5.47. The van der Waals surface area contributed by atoms with Crippen LogP contribution in [0.4, 0.5) is 0 Å². The zero-order chi connectivity index (χ0) is 11.0. The van der Waals surface area contributed by atoms with E-state index in [4.69, 9.17) is 10.5 Å². The highest BCUT2D eigenvalue weighted by Crippen LogP contribution is 2.01. The second-order valence-electron chi connectivity index (χ2n) is 3.13. The van der Waals surface area contributed by atoms with E-state index in [1.165, 1.54) is 7.11 Å². The van der Waals surface area contributed by atoms with Gasteiger partial charge in [0.05, 0.1) is 6.61 Å². The number of nitrogens with one attached hydrogen (secondary N) is 1. The first-order valence-electron chi connectivity index (χ1n) is 4.69. The van der Waals surface area contributed by atoms with Gasteiger partial charge in [-0.15, -0.1) is 0 Å². The zero-order valence-electron chi connectivity index (χ0n) is 9.08. The second kappa shape index (κ2) is 8.08. The molecular formula is C9H20N2O2S. The fourth-order valence-electron chi connectivity index (χ4n) is 1.03. The molecule has 1 amide bonds. The minimum Gasteiger partial charge on any atom is -0.383 e. The molecule has 0 aromatic heterocycles. The Hall–Kier alpha value is -0.260. The van der Waals surface area contributed by atoms with E-state index in [0.717, 1.165) is 12.2 Å². The fraction of sp³-hybridized carbons (Fsp3) is 0.889. The smallest absolute Gasteiger partial charge is 0.239 e. The molecule has 0 radical (unpaired) electrons. The second-order valence-corrected chi connectivity index (χ2v) is 4.04. The lowest BCUT2D eigenvalue weighted by Gasteiger charge is -2.18. The predicted molar refractivity (Wildman–Crippen MR) is 60.5 cm³/mol. The lowest BCUT2D eigenvalue weighted by molar-refractivity contribution is -0.124. The van der Waals surface area contributed by atoms with E-state index < -0.39 is 6.04 Å². The molecule has 0 rings (SSSR count). The number of ether oxygens (including phenoxy) is 1. The molecule has 0 aliphatic rings. The van der Waals surface area contributed by atoms with Gasteiger partial charge >= 0.3 is 0 Å². The maximum atomic E-state index is 11.5. The van der Waals surface area contributed by atoms with Crippen LogP contribution in [-0.4, -0.2) is 43.7 Å². The number of carbonyl (C=O) groups is 1. The van der Waals surface area contributed by atoms with Crippen molar-refractivity contribution in [1.29, 1.82) is 0 Å². The molecule has 0 saturated carbocycles. The number of rotatable bonds is 7. The molecule has 0 heterocycles. The van der Waals surface area contributed by atoms with Crippen LogP contribution in [0, 0.1) is 0 Å². The lowest BCUT2D eigenvalue weighted by atomic mass is 10.2. The number of methoxy groups -OCH3 is 1. The minimum absolute atomic E-state index is 0.132. The van der Waals surface area contributed by atoms with E-state index >= 15 is 0 Å². The van der Waals surface area contributed by atoms with Crippen molar-refractivity contribution in [2.45, 2.75) is 25.4 Å². The van der Waals surface area contributed by atoms with Crippen molar-refractivity contribution in [1.82, 2.24) is 5.32 Å². The molecule has 0 spiro atoms. The summed E-state index contributed by atoms with van der Waals surface area (Å²) >= 11 is 1.71. The molecular weight excluding hydrogens is 200 g/mol. The van der Waals surface area contributed by atoms with Crippen LogP contribution in [0.15, 0.2) is 0 Å². The summed E-state index contributed by atoms with van der Waals surface area (Å²) in [5.41, 5.74) is 5.58. The molecule has 5 heteroatoms. The maximum Gasteiger partial charge on any atom is 0.239 e. The van der Waals surface area contributed by atoms with Gasteiger partial charge in [-0.25, -0.2) is 0 Å². The van der Waals surface area contributed by atoms with Crippen LogP contribution in [-0.2, 0) is 9.53 Å². The van der Waals surface area contributed by atoms with Crippen LogP contribution in [0.1, 0.15) is 13.3 Å². The first kappa shape index (κ1) is 13.7. The quantitative estimate of drug-likeness (QED) is 0.644. The van der Waals surface area contributed by atoms with E-state index in [2.05, 4.69) is 5.32 Å². The molecule has 14 heavy (non-hydrogen) atoms. The van der Waals surface area contributed by atoms with Crippen LogP contribution in [0.5, 0.6) is 0 Å². The Morgan fingerprint density at radius 1 is 1.64 bits per heavy atom. The summed E-state index contributed by atoms with van der Waals surface area (Å²) in [6.45, 7) is 2.31. The average molecular weight is 220 g/mol. The molecule has 0 aromatic carbocycles. The van der Waals surface area contributed by atoms with Crippen molar-refractivity contribution in [3.05, 3.63) is 0 Å². The number of thioether (sulfide) groups is 1. The largest absolute Gasteiger partial charge is 0.383 e. The van der Waals surface area contributed by atoms with Crippen molar-refractivity contribution in [3.63, 3.8) is 0 Å². The number of hydrogen-bond acceptors (Lipinski definition) is 4. The van der Waals surface area contributed by atoms with E-state index in [0.29, 0.717) is 0 Å². The van der Waals surface area contributed by atoms with Crippen LogP contribution >= 0.6 is 11.8 Å². The highest BCUT2D eigenvalue weighted by Gasteiger charge is 2.16. The number of nitrogens with two attached hydrogens (primary N) is 1. The number of amides is 1. The van der Waals surface area contributed by atoms with Gasteiger partial charge in [0.2, 0.25) is 5.91 Å². The topological polar surface area (TPSA) is 64.4 Å². The minimum atomic E-state index is -0.559. The van der Waals surface area contributed by atoms with E-state index in [1.54, 1.807) is 11.8 Å². The van der Waals surface area contributed by atoms with Crippen molar-refractivity contribution in [3.8, 4) is 0 Å². The Labute approximate surface area is 89.9 Å². The Morgan fingerprint density at radius 2 is 2.29 bits per heavy atom. The molecule has 0 fully saturated rings. The Morgan fingerprint density at radius 3 is 2.71 bits per heavy atom. The van der Waals surface area contributed by atoms with Crippen molar-refractivity contribution in [2.24, 2.45) is 5.73 Å². The number of carbonyl (C=O) groups excluding carboxylic acids is 1. The molecule has 0 aliphatic heterocycles. The monoisotopic (exact) mass is 220 g/mol. The van der Waals surface area contributed by atoms with Gasteiger partial charge in [0.1, 0.15) is 6.04 Å². The molecule has 0 bridgehead atoms. The summed E-state index contributed by atoms with van der Waals surface area (Å²) in [4.78, 5) is 11.5. The first-order valence-corrected chi connectivity index (χ1v) is 6.08. The average Bonchev–Trinajstić information content (AvgIpc) is 2.17. The Bertz CT molecular complexity index is 167. The van der Waals surface area contributed by atoms with E-state index in [9.17, 15) is 4.79 Å². The molecule has 84 valence electrons. The maximum absolute atomic E-state index is 11.5. The predicted octanol–water partition coefficient (Wildman–Crippen LogP) is 0.218. The van der Waals surface area contributed by atoms with Crippen LogP contribution in [0.3, 0.4) is 0 Å². The third-order valence-electron chi connectivity index (χ3n) is 1.89. The molecule has 2 atom stereocenters. The van der Waals surface area contributed by atoms with Gasteiger partial charge in [-0.05, 0) is 12.7 Å². The molecule has 2 unspecified atom stereocenters. The normalized spacial score (nSPS) is 14.9. The van der Waals surface area contributed by atoms with Gasteiger partial charge in [-0.3, -0.25) is 4.79 Å². The highest BCUT2D eigenvalue weighted by molar-refractivity contribution is 7.98. The van der Waals surface area contributed by atoms with Gasteiger partial charge < -0.3 is 15.8 Å². The van der Waals surface area contributed by atoms with Crippen LogP contribution < -0.4 is 11.1 Å². The van der Waals surface area contributed by atoms with Crippen molar-refractivity contribution in [2.75, 3.05) is 25.7 Å². The summed E-state index contributed by atoms with van der Waals surface area (Å²) in [5.74, 6) is 0.787. The van der Waals surface area contributed by atoms with E-state index in [1.807, 2.05) is 13.2 Å². The standard InChI is InChI=1S/C9H20N2O2S/c1-4-7(6-14-3)11-9(12)8(10)5-13-2/h7-8H,4-6,10H2,1-3H3,(H,11,12). The third-order valence-corrected chi connectivity index (χ3v) is 2.63. The summed E-state index contributed by atoms with van der Waals surface area (Å²) in [6, 6.07) is -0.351. The lowest BCUT2D eigenvalue weighted by Crippen LogP contribution is -2.48. The van der Waals surface area contributed by atoms with Gasteiger partial charge in [0.15, 0.2) is 0 Å². The fourth-order valence-corrected chi connectivity index (χ4v) is 1.75. The SMILES string of the molecule is CCC(CSC)NC(=O)C(N)COC. The summed E-state index contributed by atoms with van der Waals surface area (Å²) in [6.07, 6.45) is 2.94. The molecule has 3 N–H and O–H groups in total. The summed E-state index contributed by atoms with van der Waals surface area (Å²) in [7, 11) is 1.53. The zero-order valence-corrected chi connectivity index (χ0v) is 9.89. The molecule has 4 nitrogen and oxygen atoms in total. The van der Waals surface area contributed by atoms with Crippen LogP contribution in [0.25, 0.3) is 0 Å². The summed E-state index contributed by atoms with van der Waals surface area (Å²) in [5, 5.41) is 2.89. The van der Waals surface area contributed by atoms with E-state index in [-0.39, 0.29) is 18.6 Å². The van der Waals surface area contributed by atoms with Gasteiger partial charge in [0.25, 0.3) is 0 Å². The molecule has 0 aliphatic carbocycles. The Kier molecular flexibility index (Phi) is 7.93. The van der Waals surface area contributed by atoms with Gasteiger partial charge in [0, 0.05) is 18.9 Å². The molecule has 0 aromatic rings. The van der Waals surface area contributed by atoms with Crippen molar-refractivity contribution >= 4 is 17.7 Å². The Balaban J connectivity index is 3.88. The van der Waals surface area contributed by atoms with Gasteiger partial charge in [-0.1, -0.05) is 6.92 Å². The first-order chi connectivity index (χ1) is 6.65. The number of hydrogen-bond donors (Lipinski definition) is 2. The molecule has 0 saturated heterocycles. The van der Waals surface area contributed by atoms with Crippen molar-refractivity contribution < 1.29 is 9.53 Å². The highest BCUT2D eigenvalue weighted by atomic mass is 32.2. The van der Waals surface area contributed by atoms with Crippen LogP contribution in [0.2, 0.25) is 0 Å². The summed E-state index contributed by atoms with van der Waals surface area (Å²) < 4.78 is 4.81.